The molecule has 1 heterocycles. The summed E-state index contributed by atoms with van der Waals surface area (Å²) in [6.45, 7) is 0. The van der Waals surface area contributed by atoms with Crippen molar-refractivity contribution in [2.75, 3.05) is 0 Å². The van der Waals surface area contributed by atoms with Gasteiger partial charge in [0.05, 0.1) is 5.97 Å². The van der Waals surface area contributed by atoms with Crippen molar-refractivity contribution in [3.05, 3.63) is 11.1 Å². The monoisotopic (exact) mass is 152 g/mol. The van der Waals surface area contributed by atoms with Crippen LogP contribution < -0.4 is 34.7 Å². The Morgan fingerprint density at radius 1 is 1.78 bits per heavy atom. The summed E-state index contributed by atoms with van der Waals surface area (Å²) in [5.74, 6) is -1.28. The molecule has 4 nitrogen and oxygen atoms in total. The van der Waals surface area contributed by atoms with Gasteiger partial charge in [-0.2, -0.15) is 0 Å². The molecule has 42 valence electrons. The molecule has 0 amide bonds. The number of carboxylic acids is 1. The molecule has 0 aliphatic carbocycles. The van der Waals surface area contributed by atoms with Gasteiger partial charge in [-0.1, -0.05) is 4.49 Å². The minimum atomic E-state index is -1.28. The average molecular weight is 152 g/mol. The maximum Gasteiger partial charge on any atom is 1.00 e. The number of aromatic nitrogens is 2. The summed E-state index contributed by atoms with van der Waals surface area (Å²) in [5, 5.41) is 14.4. The fourth-order valence-electron chi connectivity index (χ4n) is 0.254. The van der Waals surface area contributed by atoms with E-state index in [0.717, 1.165) is 11.5 Å². The van der Waals surface area contributed by atoms with Gasteiger partial charge in [-0.05, 0) is 11.5 Å². The third-order valence-corrected chi connectivity index (χ3v) is 1.07. The third kappa shape index (κ3) is 2.40. The van der Waals surface area contributed by atoms with Crippen LogP contribution in [-0.2, 0) is 0 Å². The van der Waals surface area contributed by atoms with Gasteiger partial charge in [0, 0.05) is 5.38 Å². The summed E-state index contributed by atoms with van der Waals surface area (Å²) in [6.07, 6.45) is 0. The smallest absolute Gasteiger partial charge is 0.543 e. The molecule has 0 atom stereocenters. The van der Waals surface area contributed by atoms with E-state index in [-0.39, 0.29) is 35.3 Å². The normalized spacial score (nSPS) is 8.00. The topological polar surface area (TPSA) is 65.9 Å². The summed E-state index contributed by atoms with van der Waals surface area (Å²) in [4.78, 5) is 9.86. The fourth-order valence-corrected chi connectivity index (χ4v) is 0.679. The van der Waals surface area contributed by atoms with E-state index >= 15 is 0 Å². The van der Waals surface area contributed by atoms with E-state index < -0.39 is 5.97 Å². The van der Waals surface area contributed by atoms with Gasteiger partial charge in [-0.15, -0.1) is 5.10 Å². The quantitative estimate of drug-likeness (QED) is 0.384. The summed E-state index contributed by atoms with van der Waals surface area (Å²) >= 11 is 0.986. The van der Waals surface area contributed by atoms with Gasteiger partial charge in [-0.3, -0.25) is 0 Å². The first-order valence-corrected chi connectivity index (χ1v) is 2.63. The van der Waals surface area contributed by atoms with E-state index in [0.29, 0.717) is 0 Å². The molecule has 0 aliphatic rings. The summed E-state index contributed by atoms with van der Waals surface area (Å²) in [6, 6.07) is 0. The maximum absolute atomic E-state index is 9.86. The van der Waals surface area contributed by atoms with Crippen LogP contribution in [0.5, 0.6) is 0 Å². The molecule has 0 bridgehead atoms. The van der Waals surface area contributed by atoms with Gasteiger partial charge in [0.1, 0.15) is 5.69 Å². The van der Waals surface area contributed by atoms with Crippen LogP contribution in [-0.4, -0.2) is 15.6 Å². The van der Waals surface area contributed by atoms with Gasteiger partial charge in [0.2, 0.25) is 0 Å². The zero-order chi connectivity index (χ0) is 5.98. The molecule has 1 aromatic rings. The largest absolute Gasteiger partial charge is 1.00 e. The molecule has 1 rings (SSSR count). The number of hydrogen-bond acceptors (Lipinski definition) is 5. The molecule has 1 aromatic heterocycles. The molecule has 0 spiro atoms. The number of aromatic carboxylic acids is 1. The minimum Gasteiger partial charge on any atom is -0.543 e. The Labute approximate surface area is 77.4 Å². The molecule has 0 N–H and O–H groups in total. The van der Waals surface area contributed by atoms with Crippen molar-refractivity contribution in [1.29, 1.82) is 0 Å². The first kappa shape index (κ1) is 9.03. The molecule has 0 saturated carbocycles. The Morgan fingerprint density at radius 2 is 2.44 bits per heavy atom. The van der Waals surface area contributed by atoms with Gasteiger partial charge >= 0.3 is 29.6 Å². The Bertz CT molecular complexity index is 188. The van der Waals surface area contributed by atoms with Crippen molar-refractivity contribution < 1.29 is 39.5 Å². The zero-order valence-corrected chi connectivity index (χ0v) is 7.51. The zero-order valence-electron chi connectivity index (χ0n) is 4.70. The van der Waals surface area contributed by atoms with Crippen LogP contribution in [0.1, 0.15) is 10.5 Å². The Hall–Kier alpha value is 0.0300. The van der Waals surface area contributed by atoms with Crippen LogP contribution in [0, 0.1) is 0 Å². The summed E-state index contributed by atoms with van der Waals surface area (Å²) in [7, 11) is 0. The van der Waals surface area contributed by atoms with E-state index in [4.69, 9.17) is 0 Å². The molecule has 9 heavy (non-hydrogen) atoms. The molecule has 6 heteroatoms. The first-order valence-electron chi connectivity index (χ1n) is 1.79. The molecule has 0 aromatic carbocycles. The van der Waals surface area contributed by atoms with Crippen LogP contribution in [0.15, 0.2) is 5.38 Å². The molecule has 0 unspecified atom stereocenters. The van der Waals surface area contributed by atoms with Crippen molar-refractivity contribution in [2.24, 2.45) is 0 Å². The fraction of sp³-hybridized carbons (Fsp3) is 0. The SMILES string of the molecule is O=C([O-])c1csnn1.[Na+]. The maximum atomic E-state index is 9.86. The number of carboxylic acid groups (broad SMARTS) is 1. The number of hydrogen-bond donors (Lipinski definition) is 0. The van der Waals surface area contributed by atoms with Gasteiger partial charge in [-0.25, -0.2) is 0 Å². The summed E-state index contributed by atoms with van der Waals surface area (Å²) in [5.41, 5.74) is -0.102. The van der Waals surface area contributed by atoms with Crippen molar-refractivity contribution in [1.82, 2.24) is 9.59 Å². The Balaban J connectivity index is 0.000000640. The second kappa shape index (κ2) is 3.94. The Morgan fingerprint density at radius 3 is 2.67 bits per heavy atom. The van der Waals surface area contributed by atoms with E-state index in [1.54, 1.807) is 0 Å². The molecular formula is C3HN2NaO2S. The number of rotatable bonds is 1. The van der Waals surface area contributed by atoms with Crippen molar-refractivity contribution in [2.45, 2.75) is 0 Å². The van der Waals surface area contributed by atoms with Gasteiger partial charge in [0.25, 0.3) is 0 Å². The van der Waals surface area contributed by atoms with Crippen LogP contribution in [0.4, 0.5) is 0 Å². The van der Waals surface area contributed by atoms with Crippen molar-refractivity contribution in [3.63, 3.8) is 0 Å². The second-order valence-corrected chi connectivity index (χ2v) is 1.69. The molecule has 0 radical (unpaired) electrons. The van der Waals surface area contributed by atoms with E-state index in [2.05, 4.69) is 9.59 Å². The number of carbonyl (C=O) groups is 1. The van der Waals surface area contributed by atoms with E-state index in [1.807, 2.05) is 0 Å². The summed E-state index contributed by atoms with van der Waals surface area (Å²) < 4.78 is 3.31. The van der Waals surface area contributed by atoms with Gasteiger partial charge < -0.3 is 9.90 Å². The van der Waals surface area contributed by atoms with Crippen LogP contribution in [0.2, 0.25) is 0 Å². The van der Waals surface area contributed by atoms with Crippen LogP contribution in [0.3, 0.4) is 0 Å². The van der Waals surface area contributed by atoms with E-state index in [1.165, 1.54) is 5.38 Å². The number of carbonyl (C=O) groups excluding carboxylic acids is 1. The van der Waals surface area contributed by atoms with Crippen LogP contribution >= 0.6 is 11.5 Å². The van der Waals surface area contributed by atoms with Gasteiger partial charge in [0.15, 0.2) is 0 Å². The molecular weight excluding hydrogens is 151 g/mol. The first-order chi connectivity index (χ1) is 3.80. The van der Waals surface area contributed by atoms with Crippen molar-refractivity contribution in [3.8, 4) is 0 Å². The molecule has 0 aliphatic heterocycles. The number of nitrogens with zero attached hydrogens (tertiary/aromatic N) is 2. The molecule has 0 fully saturated rings. The third-order valence-electron chi connectivity index (χ3n) is 0.569. The van der Waals surface area contributed by atoms with E-state index in [9.17, 15) is 9.90 Å². The standard InChI is InChI=1S/C3H2N2O2S.Na/c6-3(7)2-1-8-5-4-2;/h1H,(H,6,7);/q;+1/p-1. The second-order valence-electron chi connectivity index (χ2n) is 1.08. The predicted octanol–water partition coefficient (Wildman–Crippen LogP) is -4.09. The van der Waals surface area contributed by atoms with Crippen molar-refractivity contribution >= 4 is 17.5 Å². The average Bonchev–Trinajstić information content (AvgIpc) is 2.12. The Kier molecular flexibility index (Phi) is 3.96. The predicted molar refractivity (Wildman–Crippen MR) is 24.2 cm³/mol. The molecule has 0 saturated heterocycles. The van der Waals surface area contributed by atoms with Crippen LogP contribution in [0.25, 0.3) is 0 Å². The minimum absolute atomic E-state index is 0.